The molecule has 2 rings (SSSR count). The largest absolute Gasteiger partial charge is 0.471 e. The Kier molecular flexibility index (Phi) is 7.55. The van der Waals surface area contributed by atoms with Crippen LogP contribution in [0.1, 0.15) is 31.0 Å². The van der Waals surface area contributed by atoms with Gasteiger partial charge < -0.3 is 25.3 Å². The second-order valence-electron chi connectivity index (χ2n) is 6.03. The molecule has 1 aromatic heterocycles. The number of alkyl carbamates (subject to hydrolysis) is 1. The van der Waals surface area contributed by atoms with Gasteiger partial charge in [-0.2, -0.15) is 0 Å². The maximum Gasteiger partial charge on any atom is 0.407 e. The van der Waals surface area contributed by atoms with Gasteiger partial charge in [0.15, 0.2) is 0 Å². The van der Waals surface area contributed by atoms with Gasteiger partial charge in [0.25, 0.3) is 0 Å². The zero-order chi connectivity index (χ0) is 20.5. The van der Waals surface area contributed by atoms with E-state index in [2.05, 4.69) is 15.0 Å². The van der Waals surface area contributed by atoms with Gasteiger partial charge in [-0.3, -0.25) is 0 Å². The minimum atomic E-state index is -0.932. The number of carbonyl (C=O) groups excluding carboxylic acids is 2. The highest BCUT2D eigenvalue weighted by Gasteiger charge is 2.19. The van der Waals surface area contributed by atoms with E-state index in [0.717, 1.165) is 11.8 Å². The van der Waals surface area contributed by atoms with E-state index in [4.69, 9.17) is 15.2 Å². The molecule has 1 heterocycles. The predicted octanol–water partition coefficient (Wildman–Crippen LogP) is 3.07. The number of hydrogen-bond acceptors (Lipinski definition) is 6. The molecular weight excluding hydrogens is 369 g/mol. The lowest BCUT2D eigenvalue weighted by Crippen LogP contribution is -2.29. The third kappa shape index (κ3) is 6.75. The van der Waals surface area contributed by atoms with Gasteiger partial charge >= 0.3 is 12.2 Å². The van der Waals surface area contributed by atoms with Crippen LogP contribution < -0.4 is 15.8 Å². The fourth-order valence-electron chi connectivity index (χ4n) is 2.29. The molecule has 3 N–H and O–H groups in total. The van der Waals surface area contributed by atoms with E-state index in [9.17, 15) is 14.0 Å². The van der Waals surface area contributed by atoms with Crippen molar-refractivity contribution in [2.45, 2.75) is 32.6 Å². The number of rotatable bonds is 8. The zero-order valence-electron chi connectivity index (χ0n) is 15.6. The highest BCUT2D eigenvalue weighted by molar-refractivity contribution is 5.68. The smallest absolute Gasteiger partial charge is 0.407 e. The summed E-state index contributed by atoms with van der Waals surface area (Å²) in [6.07, 6.45) is -1.20. The molecule has 0 bridgehead atoms. The first-order valence-corrected chi connectivity index (χ1v) is 8.56. The van der Waals surface area contributed by atoms with Crippen LogP contribution in [-0.2, 0) is 16.1 Å². The summed E-state index contributed by atoms with van der Waals surface area (Å²) in [4.78, 5) is 26.6. The SMILES string of the molecule is CC(COC(N)=O)Oc1ncc(F)cc1[C@@H](C)NC(=O)OCc1ccccc1. The number of nitrogens with one attached hydrogen (secondary N) is 1. The molecule has 2 atom stereocenters. The summed E-state index contributed by atoms with van der Waals surface area (Å²) in [5, 5.41) is 2.60. The number of benzene rings is 1. The minimum absolute atomic E-state index is 0.0952. The van der Waals surface area contributed by atoms with Crippen molar-refractivity contribution in [1.29, 1.82) is 0 Å². The van der Waals surface area contributed by atoms with E-state index in [0.29, 0.717) is 5.56 Å². The van der Waals surface area contributed by atoms with Gasteiger partial charge in [0, 0.05) is 5.56 Å². The number of nitrogens with two attached hydrogens (primary N) is 1. The lowest BCUT2D eigenvalue weighted by molar-refractivity contribution is 0.0925. The van der Waals surface area contributed by atoms with Crippen molar-refractivity contribution >= 4 is 12.2 Å². The highest BCUT2D eigenvalue weighted by atomic mass is 19.1. The molecule has 0 aliphatic carbocycles. The first-order chi connectivity index (χ1) is 13.3. The van der Waals surface area contributed by atoms with Gasteiger partial charge in [-0.15, -0.1) is 0 Å². The monoisotopic (exact) mass is 391 g/mol. The highest BCUT2D eigenvalue weighted by Crippen LogP contribution is 2.24. The fourth-order valence-corrected chi connectivity index (χ4v) is 2.29. The topological polar surface area (TPSA) is 113 Å². The molecule has 9 heteroatoms. The van der Waals surface area contributed by atoms with Crippen molar-refractivity contribution in [1.82, 2.24) is 10.3 Å². The molecule has 0 fully saturated rings. The van der Waals surface area contributed by atoms with Gasteiger partial charge in [-0.05, 0) is 25.5 Å². The molecule has 0 spiro atoms. The second kappa shape index (κ2) is 10.1. The molecular formula is C19H22FN3O5. The van der Waals surface area contributed by atoms with Crippen molar-refractivity contribution < 1.29 is 28.2 Å². The van der Waals surface area contributed by atoms with Crippen LogP contribution >= 0.6 is 0 Å². The predicted molar refractivity (Wildman–Crippen MR) is 98.0 cm³/mol. The van der Waals surface area contributed by atoms with Crippen LogP contribution in [0, 0.1) is 5.82 Å². The minimum Gasteiger partial charge on any atom is -0.471 e. The van der Waals surface area contributed by atoms with Crippen molar-refractivity contribution in [2.75, 3.05) is 6.61 Å². The Morgan fingerprint density at radius 3 is 2.61 bits per heavy atom. The first-order valence-electron chi connectivity index (χ1n) is 8.56. The van der Waals surface area contributed by atoms with Gasteiger partial charge in [-0.1, -0.05) is 30.3 Å². The van der Waals surface area contributed by atoms with Crippen LogP contribution in [0.15, 0.2) is 42.6 Å². The summed E-state index contributed by atoms with van der Waals surface area (Å²) in [5.74, 6) is -0.493. The average Bonchev–Trinajstić information content (AvgIpc) is 2.67. The molecule has 8 nitrogen and oxygen atoms in total. The van der Waals surface area contributed by atoms with E-state index >= 15 is 0 Å². The fraction of sp³-hybridized carbons (Fsp3) is 0.316. The number of halogens is 1. The summed E-state index contributed by atoms with van der Waals surface area (Å²) in [6.45, 7) is 3.27. The second-order valence-corrected chi connectivity index (χ2v) is 6.03. The molecule has 1 aromatic carbocycles. The Hall–Kier alpha value is -3.36. The third-order valence-electron chi connectivity index (χ3n) is 3.63. The molecule has 2 aromatic rings. The van der Waals surface area contributed by atoms with Crippen molar-refractivity contribution in [2.24, 2.45) is 5.73 Å². The Bertz CT molecular complexity index is 803. The van der Waals surface area contributed by atoms with Gasteiger partial charge in [0.1, 0.15) is 25.1 Å². The maximum absolute atomic E-state index is 13.7. The Morgan fingerprint density at radius 1 is 1.21 bits per heavy atom. The summed E-state index contributed by atoms with van der Waals surface area (Å²) < 4.78 is 29.1. The van der Waals surface area contributed by atoms with Crippen molar-refractivity contribution in [3.8, 4) is 5.88 Å². The van der Waals surface area contributed by atoms with Crippen LogP contribution in [-0.4, -0.2) is 29.9 Å². The molecule has 28 heavy (non-hydrogen) atoms. The quantitative estimate of drug-likeness (QED) is 0.715. The zero-order valence-corrected chi connectivity index (χ0v) is 15.6. The summed E-state index contributed by atoms with van der Waals surface area (Å²) in [7, 11) is 0. The average molecular weight is 391 g/mol. The number of hydrogen-bond donors (Lipinski definition) is 2. The van der Waals surface area contributed by atoms with E-state index in [-0.39, 0.29) is 19.1 Å². The van der Waals surface area contributed by atoms with Crippen molar-refractivity contribution in [3.05, 3.63) is 59.5 Å². The molecule has 0 aliphatic rings. The van der Waals surface area contributed by atoms with E-state index in [1.165, 1.54) is 6.07 Å². The van der Waals surface area contributed by atoms with Gasteiger partial charge in [0.05, 0.1) is 12.2 Å². The first kappa shape index (κ1) is 20.9. The molecule has 150 valence electrons. The number of primary amides is 1. The number of aromatic nitrogens is 1. The van der Waals surface area contributed by atoms with E-state index in [1.807, 2.05) is 30.3 Å². The number of amides is 2. The Morgan fingerprint density at radius 2 is 1.93 bits per heavy atom. The normalized spacial score (nSPS) is 12.5. The van der Waals surface area contributed by atoms with Crippen LogP contribution in [0.3, 0.4) is 0 Å². The number of ether oxygens (including phenoxy) is 3. The van der Waals surface area contributed by atoms with E-state index < -0.39 is 30.1 Å². The summed E-state index contributed by atoms with van der Waals surface area (Å²) in [6, 6.07) is 9.75. The maximum atomic E-state index is 13.7. The molecule has 2 amide bonds. The number of pyridine rings is 1. The van der Waals surface area contributed by atoms with Crippen LogP contribution in [0.25, 0.3) is 0 Å². The Balaban J connectivity index is 1.98. The molecule has 1 unspecified atom stereocenters. The molecule has 0 saturated heterocycles. The van der Waals surface area contributed by atoms with Crippen LogP contribution in [0.2, 0.25) is 0 Å². The van der Waals surface area contributed by atoms with Crippen LogP contribution in [0.4, 0.5) is 14.0 Å². The van der Waals surface area contributed by atoms with E-state index in [1.54, 1.807) is 13.8 Å². The summed E-state index contributed by atoms with van der Waals surface area (Å²) >= 11 is 0. The standard InChI is InChI=1S/C19H22FN3O5/c1-12(10-26-18(21)24)28-17-16(8-15(20)9-22-17)13(2)23-19(25)27-11-14-6-4-3-5-7-14/h3-9,12-13H,10-11H2,1-2H3,(H2,21,24)(H,23,25)/t12?,13-/m1/s1. The Labute approximate surface area is 161 Å². The van der Waals surface area contributed by atoms with Gasteiger partial charge in [0.2, 0.25) is 5.88 Å². The lowest BCUT2D eigenvalue weighted by Gasteiger charge is -2.20. The third-order valence-corrected chi connectivity index (χ3v) is 3.63. The lowest BCUT2D eigenvalue weighted by atomic mass is 10.1. The summed E-state index contributed by atoms with van der Waals surface area (Å²) in [5.41, 5.74) is 6.06. The van der Waals surface area contributed by atoms with Crippen molar-refractivity contribution in [3.63, 3.8) is 0 Å². The van der Waals surface area contributed by atoms with Crippen LogP contribution in [0.5, 0.6) is 5.88 Å². The molecule has 0 radical (unpaired) electrons. The number of nitrogens with zero attached hydrogens (tertiary/aromatic N) is 1. The number of carbonyl (C=O) groups is 2. The molecule has 0 saturated carbocycles. The van der Waals surface area contributed by atoms with Gasteiger partial charge in [-0.25, -0.2) is 19.0 Å². The molecule has 0 aliphatic heterocycles.